The van der Waals surface area contributed by atoms with Crippen LogP contribution in [0.25, 0.3) is 0 Å². The molecule has 1 N–H and O–H groups in total. The summed E-state index contributed by atoms with van der Waals surface area (Å²) in [5, 5.41) is 10.9. The maximum Gasteiger partial charge on any atom is 0.416 e. The van der Waals surface area contributed by atoms with Crippen molar-refractivity contribution in [2.45, 2.75) is 83.2 Å². The van der Waals surface area contributed by atoms with Crippen molar-refractivity contribution in [3.63, 3.8) is 0 Å². The van der Waals surface area contributed by atoms with Crippen LogP contribution >= 0.6 is 0 Å². The summed E-state index contributed by atoms with van der Waals surface area (Å²) in [5.74, 6) is -1.02. The zero-order valence-corrected chi connectivity index (χ0v) is 19.5. The maximum absolute atomic E-state index is 13.8. The lowest BCUT2D eigenvalue weighted by Gasteiger charge is -2.37. The van der Waals surface area contributed by atoms with E-state index in [9.17, 15) is 36.2 Å². The molecule has 0 amide bonds. The number of rotatable bonds is 4. The molecule has 190 valence electrons. The first-order valence-corrected chi connectivity index (χ1v) is 11.7. The van der Waals surface area contributed by atoms with Crippen LogP contribution in [-0.4, -0.2) is 22.1 Å². The van der Waals surface area contributed by atoms with Gasteiger partial charge < -0.3 is 5.11 Å². The normalized spacial score (nSPS) is 20.7. The van der Waals surface area contributed by atoms with Crippen LogP contribution in [0.15, 0.2) is 24.3 Å². The third kappa shape index (κ3) is 5.39. The summed E-state index contributed by atoms with van der Waals surface area (Å²) in [4.78, 5) is 18.3. The molecule has 0 bridgehead atoms. The second-order valence-corrected chi connectivity index (χ2v) is 10.4. The molecule has 0 aliphatic heterocycles. The molecule has 1 saturated carbocycles. The Kier molecular flexibility index (Phi) is 6.53. The van der Waals surface area contributed by atoms with Gasteiger partial charge in [-0.1, -0.05) is 38.8 Å². The Hall–Kier alpha value is -2.42. The molecule has 2 aromatic rings. The van der Waals surface area contributed by atoms with Crippen molar-refractivity contribution in [2.24, 2.45) is 5.41 Å². The molecule has 2 aliphatic carbocycles. The van der Waals surface area contributed by atoms with Gasteiger partial charge in [-0.15, -0.1) is 0 Å². The van der Waals surface area contributed by atoms with E-state index in [4.69, 9.17) is 4.98 Å². The Bertz CT molecular complexity index is 1110. The lowest BCUT2D eigenvalue weighted by molar-refractivity contribution is -0.137. The van der Waals surface area contributed by atoms with E-state index >= 15 is 0 Å². The number of alkyl halides is 6. The highest BCUT2D eigenvalue weighted by Gasteiger charge is 2.41. The van der Waals surface area contributed by atoms with Crippen molar-refractivity contribution in [1.29, 1.82) is 0 Å². The first-order valence-electron chi connectivity index (χ1n) is 11.7. The minimum absolute atomic E-state index is 0.0404. The number of nitrogens with zero attached hydrogens (tertiary/aromatic N) is 1. The molecule has 0 unspecified atom stereocenters. The molecular weight excluding hydrogens is 472 g/mol. The van der Waals surface area contributed by atoms with Crippen molar-refractivity contribution in [2.75, 3.05) is 0 Å². The number of aliphatic hydroxyl groups is 1. The van der Waals surface area contributed by atoms with E-state index in [-0.39, 0.29) is 45.7 Å². The van der Waals surface area contributed by atoms with Crippen molar-refractivity contribution in [3.05, 3.63) is 63.5 Å². The average Bonchev–Trinajstić information content (AvgIpc) is 3.25. The number of aromatic nitrogens is 1. The number of hydrogen-bond donors (Lipinski definition) is 1. The number of carbonyl (C=O) groups is 1. The van der Waals surface area contributed by atoms with Gasteiger partial charge in [-0.25, -0.2) is 0 Å². The summed E-state index contributed by atoms with van der Waals surface area (Å²) in [7, 11) is 0. The molecule has 2 aliphatic rings. The van der Waals surface area contributed by atoms with E-state index in [1.165, 1.54) is 0 Å². The number of carbonyl (C=O) groups excluding carboxylic acids is 1. The molecule has 1 aromatic carbocycles. The monoisotopic (exact) mass is 499 g/mol. The lowest BCUT2D eigenvalue weighted by atomic mass is 9.72. The van der Waals surface area contributed by atoms with Crippen molar-refractivity contribution < 1.29 is 36.2 Å². The van der Waals surface area contributed by atoms with Crippen LogP contribution in [-0.2, 0) is 19.0 Å². The SMILES string of the molecule is CC1(C)Cc2nc(C3CCCC3)c(C(=O)c3ccc(C(F)(F)F)cc3)c(CC(F)(F)F)c2[C@@H](O)C1. The molecule has 9 heteroatoms. The molecule has 1 aromatic heterocycles. The van der Waals surface area contributed by atoms with E-state index in [0.717, 1.165) is 37.1 Å². The van der Waals surface area contributed by atoms with Gasteiger partial charge in [0, 0.05) is 28.3 Å². The summed E-state index contributed by atoms with van der Waals surface area (Å²) >= 11 is 0. The Balaban J connectivity index is 1.95. The molecule has 4 rings (SSSR count). The van der Waals surface area contributed by atoms with Gasteiger partial charge in [-0.05, 0) is 48.8 Å². The third-order valence-corrected chi connectivity index (χ3v) is 7.00. The maximum atomic E-state index is 13.8. The fraction of sp³-hybridized carbons (Fsp3) is 0.538. The van der Waals surface area contributed by atoms with E-state index in [2.05, 4.69) is 0 Å². The summed E-state index contributed by atoms with van der Waals surface area (Å²) < 4.78 is 80.4. The smallest absolute Gasteiger partial charge is 0.388 e. The minimum Gasteiger partial charge on any atom is -0.388 e. The number of benzene rings is 1. The van der Waals surface area contributed by atoms with Gasteiger partial charge in [-0.3, -0.25) is 9.78 Å². The molecular formula is C26H27F6NO2. The first-order chi connectivity index (χ1) is 16.2. The molecule has 0 radical (unpaired) electrons. The first kappa shape index (κ1) is 25.7. The van der Waals surface area contributed by atoms with Crippen molar-refractivity contribution in [1.82, 2.24) is 4.98 Å². The predicted octanol–water partition coefficient (Wildman–Crippen LogP) is 7.10. The van der Waals surface area contributed by atoms with Crippen molar-refractivity contribution in [3.8, 4) is 0 Å². The molecule has 1 heterocycles. The Morgan fingerprint density at radius 3 is 2.20 bits per heavy atom. The Morgan fingerprint density at radius 2 is 1.66 bits per heavy atom. The third-order valence-electron chi connectivity index (χ3n) is 7.00. The predicted molar refractivity (Wildman–Crippen MR) is 117 cm³/mol. The number of aliphatic hydroxyl groups excluding tert-OH is 1. The summed E-state index contributed by atoms with van der Waals surface area (Å²) in [5.41, 5.74) is -1.31. The Morgan fingerprint density at radius 1 is 1.06 bits per heavy atom. The van der Waals surface area contributed by atoms with Crippen LogP contribution in [0.1, 0.15) is 102 Å². The van der Waals surface area contributed by atoms with Gasteiger partial charge in [0.1, 0.15) is 0 Å². The second kappa shape index (κ2) is 8.91. The van der Waals surface area contributed by atoms with E-state index in [1.54, 1.807) is 0 Å². The fourth-order valence-electron chi connectivity index (χ4n) is 5.49. The molecule has 35 heavy (non-hydrogen) atoms. The van der Waals surface area contributed by atoms with Crippen molar-refractivity contribution >= 4 is 5.78 Å². The highest BCUT2D eigenvalue weighted by atomic mass is 19.4. The van der Waals surface area contributed by atoms with Crippen LogP contribution in [0, 0.1) is 5.41 Å². The Labute approximate surface area is 199 Å². The zero-order valence-electron chi connectivity index (χ0n) is 19.5. The number of pyridine rings is 1. The largest absolute Gasteiger partial charge is 0.416 e. The minimum atomic E-state index is -4.66. The van der Waals surface area contributed by atoms with Crippen LogP contribution in [0.4, 0.5) is 26.3 Å². The number of ketones is 1. The number of hydrogen-bond acceptors (Lipinski definition) is 3. The van der Waals surface area contributed by atoms with Crippen LogP contribution in [0.3, 0.4) is 0 Å². The number of halogens is 6. The van der Waals surface area contributed by atoms with Crippen LogP contribution in [0.2, 0.25) is 0 Å². The highest BCUT2D eigenvalue weighted by Crippen LogP contribution is 2.46. The standard InChI is InChI=1S/C26H27F6NO2/c1-24(2)12-18-20(19(34)13-24)17(11-25(27,28)29)21(22(33-18)14-5-3-4-6-14)23(35)15-7-9-16(10-8-15)26(30,31)32/h7-10,14,19,34H,3-6,11-13H2,1-2H3/t19-/m0/s1. The summed E-state index contributed by atoms with van der Waals surface area (Å²) in [6.07, 6.45) is -8.33. The lowest BCUT2D eigenvalue weighted by Crippen LogP contribution is -2.31. The average molecular weight is 499 g/mol. The van der Waals surface area contributed by atoms with Gasteiger partial charge in [0.25, 0.3) is 0 Å². The van der Waals surface area contributed by atoms with Gasteiger partial charge >= 0.3 is 12.4 Å². The molecule has 0 spiro atoms. The van der Waals surface area contributed by atoms with Crippen LogP contribution in [0.5, 0.6) is 0 Å². The molecule has 3 nitrogen and oxygen atoms in total. The zero-order chi connectivity index (χ0) is 25.8. The van der Waals surface area contributed by atoms with Gasteiger partial charge in [0.05, 0.1) is 23.8 Å². The molecule has 0 saturated heterocycles. The summed E-state index contributed by atoms with van der Waals surface area (Å²) in [6.45, 7) is 3.81. The van der Waals surface area contributed by atoms with Crippen LogP contribution < -0.4 is 0 Å². The summed E-state index contributed by atoms with van der Waals surface area (Å²) in [6, 6.07) is 3.46. The van der Waals surface area contributed by atoms with E-state index in [0.29, 0.717) is 25.0 Å². The number of fused-ring (bicyclic) bond motifs is 1. The highest BCUT2D eigenvalue weighted by molar-refractivity contribution is 6.11. The second-order valence-electron chi connectivity index (χ2n) is 10.4. The topological polar surface area (TPSA) is 50.2 Å². The van der Waals surface area contributed by atoms with Gasteiger partial charge in [0.2, 0.25) is 0 Å². The molecule has 1 fully saturated rings. The van der Waals surface area contributed by atoms with Gasteiger partial charge in [-0.2, -0.15) is 26.3 Å². The quantitative estimate of drug-likeness (QED) is 0.361. The van der Waals surface area contributed by atoms with E-state index < -0.39 is 36.2 Å². The fourth-order valence-corrected chi connectivity index (χ4v) is 5.49. The molecule has 1 atom stereocenters. The van der Waals surface area contributed by atoms with E-state index in [1.807, 2.05) is 13.8 Å². The van der Waals surface area contributed by atoms with Gasteiger partial charge in [0.15, 0.2) is 5.78 Å².